The number of rotatable bonds is 3. The van der Waals surface area contributed by atoms with Crippen LogP contribution in [0.15, 0.2) is 12.3 Å². The van der Waals surface area contributed by atoms with E-state index in [0.717, 1.165) is 32.0 Å². The van der Waals surface area contributed by atoms with Gasteiger partial charge in [-0.3, -0.25) is 4.90 Å². The van der Waals surface area contributed by atoms with Crippen molar-refractivity contribution in [3.05, 3.63) is 12.3 Å². The summed E-state index contributed by atoms with van der Waals surface area (Å²) >= 11 is 0. The van der Waals surface area contributed by atoms with E-state index in [4.69, 9.17) is 5.73 Å². The van der Waals surface area contributed by atoms with E-state index >= 15 is 0 Å². The summed E-state index contributed by atoms with van der Waals surface area (Å²) in [5, 5.41) is 0. The van der Waals surface area contributed by atoms with Gasteiger partial charge in [-0.25, -0.2) is 4.98 Å². The van der Waals surface area contributed by atoms with Gasteiger partial charge >= 0.3 is 0 Å². The summed E-state index contributed by atoms with van der Waals surface area (Å²) in [6, 6.07) is 2.90. The molecule has 1 aromatic heterocycles. The number of hydrogen-bond acceptors (Lipinski definition) is 5. The van der Waals surface area contributed by atoms with E-state index in [1.165, 1.54) is 0 Å². The molecule has 1 saturated heterocycles. The van der Waals surface area contributed by atoms with Crippen LogP contribution < -0.4 is 10.6 Å². The number of nitrogen functional groups attached to an aromatic ring is 1. The van der Waals surface area contributed by atoms with Crippen molar-refractivity contribution >= 4 is 11.8 Å². The third kappa shape index (κ3) is 2.72. The summed E-state index contributed by atoms with van der Waals surface area (Å²) in [4.78, 5) is 13.4. The third-order valence-electron chi connectivity index (χ3n) is 3.61. The van der Waals surface area contributed by atoms with Gasteiger partial charge in [0.2, 0.25) is 5.95 Å². The molecule has 0 spiro atoms. The SMILES string of the molecule is CC[C@@H]1CN(c2nccc(N)n2)CCN1C(C)C. The van der Waals surface area contributed by atoms with Crippen LogP contribution in [0.1, 0.15) is 27.2 Å². The fourth-order valence-electron chi connectivity index (χ4n) is 2.61. The van der Waals surface area contributed by atoms with Crippen LogP contribution in [0.3, 0.4) is 0 Å². The van der Waals surface area contributed by atoms with E-state index in [1.807, 2.05) is 0 Å². The largest absolute Gasteiger partial charge is 0.384 e. The number of nitrogens with zero attached hydrogens (tertiary/aromatic N) is 4. The van der Waals surface area contributed by atoms with Gasteiger partial charge in [0.25, 0.3) is 0 Å². The van der Waals surface area contributed by atoms with Gasteiger partial charge in [-0.2, -0.15) is 4.98 Å². The molecule has 2 heterocycles. The van der Waals surface area contributed by atoms with E-state index in [2.05, 4.69) is 40.5 Å². The Morgan fingerprint density at radius 2 is 2.22 bits per heavy atom. The molecule has 100 valence electrons. The first-order valence-electron chi connectivity index (χ1n) is 6.71. The van der Waals surface area contributed by atoms with E-state index < -0.39 is 0 Å². The van der Waals surface area contributed by atoms with E-state index in [9.17, 15) is 0 Å². The van der Waals surface area contributed by atoms with Crippen LogP contribution in [-0.2, 0) is 0 Å². The smallest absolute Gasteiger partial charge is 0.227 e. The van der Waals surface area contributed by atoms with Crippen molar-refractivity contribution in [1.29, 1.82) is 0 Å². The Kier molecular flexibility index (Phi) is 4.01. The topological polar surface area (TPSA) is 58.3 Å². The van der Waals surface area contributed by atoms with Crippen molar-refractivity contribution in [3.8, 4) is 0 Å². The van der Waals surface area contributed by atoms with Crippen molar-refractivity contribution in [2.75, 3.05) is 30.3 Å². The maximum absolute atomic E-state index is 5.72. The van der Waals surface area contributed by atoms with Gasteiger partial charge in [0.15, 0.2) is 0 Å². The molecule has 0 saturated carbocycles. The number of piperazine rings is 1. The highest BCUT2D eigenvalue weighted by Gasteiger charge is 2.28. The maximum Gasteiger partial charge on any atom is 0.227 e. The average molecular weight is 249 g/mol. The molecule has 1 aliphatic rings. The average Bonchev–Trinajstić information content (AvgIpc) is 2.37. The molecule has 0 aromatic carbocycles. The lowest BCUT2D eigenvalue weighted by molar-refractivity contribution is 0.132. The van der Waals surface area contributed by atoms with Gasteiger partial charge in [-0.15, -0.1) is 0 Å². The second-order valence-electron chi connectivity index (χ2n) is 5.12. The van der Waals surface area contributed by atoms with Crippen molar-refractivity contribution in [3.63, 3.8) is 0 Å². The molecule has 2 N–H and O–H groups in total. The molecule has 1 aromatic rings. The van der Waals surface area contributed by atoms with Gasteiger partial charge in [-0.1, -0.05) is 6.92 Å². The zero-order chi connectivity index (χ0) is 13.1. The second-order valence-corrected chi connectivity index (χ2v) is 5.12. The fraction of sp³-hybridized carbons (Fsp3) is 0.692. The van der Waals surface area contributed by atoms with E-state index in [0.29, 0.717) is 17.9 Å². The van der Waals surface area contributed by atoms with Gasteiger partial charge in [0, 0.05) is 37.9 Å². The molecule has 2 rings (SSSR count). The molecule has 0 radical (unpaired) electrons. The van der Waals surface area contributed by atoms with Gasteiger partial charge in [-0.05, 0) is 26.3 Å². The molecule has 1 aliphatic heterocycles. The summed E-state index contributed by atoms with van der Waals surface area (Å²) < 4.78 is 0. The Labute approximate surface area is 109 Å². The Bertz CT molecular complexity index is 393. The highest BCUT2D eigenvalue weighted by Crippen LogP contribution is 2.19. The summed E-state index contributed by atoms with van der Waals surface area (Å²) in [6.45, 7) is 9.78. The normalized spacial score (nSPS) is 21.6. The molecular weight excluding hydrogens is 226 g/mol. The van der Waals surface area contributed by atoms with E-state index in [-0.39, 0.29) is 0 Å². The van der Waals surface area contributed by atoms with Gasteiger partial charge < -0.3 is 10.6 Å². The molecule has 5 nitrogen and oxygen atoms in total. The lowest BCUT2D eigenvalue weighted by Gasteiger charge is -2.43. The zero-order valence-electron chi connectivity index (χ0n) is 11.5. The summed E-state index contributed by atoms with van der Waals surface area (Å²) in [7, 11) is 0. The molecular formula is C13H23N5. The van der Waals surface area contributed by atoms with Crippen molar-refractivity contribution in [2.45, 2.75) is 39.3 Å². The van der Waals surface area contributed by atoms with Gasteiger partial charge in [0.1, 0.15) is 5.82 Å². The minimum absolute atomic E-state index is 0.541. The van der Waals surface area contributed by atoms with Crippen LogP contribution >= 0.6 is 0 Å². The monoisotopic (exact) mass is 249 g/mol. The molecule has 0 aliphatic carbocycles. The predicted octanol–water partition coefficient (Wildman–Crippen LogP) is 1.37. The van der Waals surface area contributed by atoms with Crippen LogP contribution in [0.25, 0.3) is 0 Å². The molecule has 5 heteroatoms. The zero-order valence-corrected chi connectivity index (χ0v) is 11.5. The Hall–Kier alpha value is -1.36. The molecule has 0 bridgehead atoms. The lowest BCUT2D eigenvalue weighted by atomic mass is 10.1. The number of hydrogen-bond donors (Lipinski definition) is 1. The first-order valence-corrected chi connectivity index (χ1v) is 6.71. The van der Waals surface area contributed by atoms with Crippen molar-refractivity contribution in [1.82, 2.24) is 14.9 Å². The molecule has 18 heavy (non-hydrogen) atoms. The standard InChI is InChI=1S/C13H23N5/c1-4-11-9-17(7-8-18(11)10(2)3)13-15-6-5-12(14)16-13/h5-6,10-11H,4,7-9H2,1-3H3,(H2,14,15,16)/t11-/m1/s1. The molecule has 1 fully saturated rings. The first kappa shape index (κ1) is 13.1. The molecule has 0 unspecified atom stereocenters. The number of anilines is 2. The summed E-state index contributed by atoms with van der Waals surface area (Å²) in [5.41, 5.74) is 5.72. The number of nitrogens with two attached hydrogens (primary N) is 1. The van der Waals surface area contributed by atoms with Crippen LogP contribution in [-0.4, -0.2) is 46.6 Å². The maximum atomic E-state index is 5.72. The minimum Gasteiger partial charge on any atom is -0.384 e. The summed E-state index contributed by atoms with van der Waals surface area (Å²) in [5.74, 6) is 1.30. The quantitative estimate of drug-likeness (QED) is 0.876. The molecule has 1 atom stereocenters. The van der Waals surface area contributed by atoms with Crippen LogP contribution in [0.5, 0.6) is 0 Å². The van der Waals surface area contributed by atoms with Crippen LogP contribution in [0, 0.1) is 0 Å². The highest BCUT2D eigenvalue weighted by molar-refractivity contribution is 5.38. The highest BCUT2D eigenvalue weighted by atomic mass is 15.3. The third-order valence-corrected chi connectivity index (χ3v) is 3.61. The minimum atomic E-state index is 0.541. The Morgan fingerprint density at radius 3 is 2.83 bits per heavy atom. The van der Waals surface area contributed by atoms with Crippen molar-refractivity contribution in [2.24, 2.45) is 0 Å². The number of aromatic nitrogens is 2. The van der Waals surface area contributed by atoms with E-state index in [1.54, 1.807) is 12.3 Å². The van der Waals surface area contributed by atoms with Crippen LogP contribution in [0.4, 0.5) is 11.8 Å². The Morgan fingerprint density at radius 1 is 1.44 bits per heavy atom. The predicted molar refractivity (Wildman–Crippen MR) is 74.6 cm³/mol. The first-order chi connectivity index (χ1) is 8.61. The molecule has 0 amide bonds. The van der Waals surface area contributed by atoms with Crippen LogP contribution in [0.2, 0.25) is 0 Å². The second kappa shape index (κ2) is 5.52. The van der Waals surface area contributed by atoms with Gasteiger partial charge in [0.05, 0.1) is 0 Å². The lowest BCUT2D eigenvalue weighted by Crippen LogP contribution is -2.55. The Balaban J connectivity index is 2.10. The van der Waals surface area contributed by atoms with Crippen molar-refractivity contribution < 1.29 is 0 Å². The fourth-order valence-corrected chi connectivity index (χ4v) is 2.61. The summed E-state index contributed by atoms with van der Waals surface area (Å²) in [6.07, 6.45) is 2.88.